The fourth-order valence-electron chi connectivity index (χ4n) is 15.8. The van der Waals surface area contributed by atoms with Crippen molar-refractivity contribution in [1.29, 1.82) is 0 Å². The molecule has 4 heterocycles. The Labute approximate surface area is 793 Å². The number of aldehydes is 1. The lowest BCUT2D eigenvalue weighted by atomic mass is 9.85. The van der Waals surface area contributed by atoms with Crippen molar-refractivity contribution < 1.29 is 56.0 Å². The maximum absolute atomic E-state index is 12.4. The number of nitrogens with two attached hydrogens (primary N) is 2. The van der Waals surface area contributed by atoms with Crippen LogP contribution in [0.5, 0.6) is 0 Å². The number of alkyl halides is 5. The zero-order valence-electron chi connectivity index (χ0n) is 73.4. The van der Waals surface area contributed by atoms with Gasteiger partial charge in [0.25, 0.3) is 6.43 Å². The first-order valence-electron chi connectivity index (χ1n) is 43.3. The molecule has 37 nitrogen and oxygen atoms in total. The van der Waals surface area contributed by atoms with Crippen LogP contribution in [0.3, 0.4) is 0 Å². The third-order valence-electron chi connectivity index (χ3n) is 23.6. The second-order valence-electron chi connectivity index (χ2n) is 32.8. The number of nitrogens with one attached hydrogen (secondary N) is 11. The molecule has 0 bridgehead atoms. The average Bonchev–Trinajstić information content (AvgIpc) is 0.841. The van der Waals surface area contributed by atoms with E-state index in [-0.39, 0.29) is 120 Å². The van der Waals surface area contributed by atoms with Gasteiger partial charge in [0.2, 0.25) is 58.9 Å². The van der Waals surface area contributed by atoms with E-state index in [2.05, 4.69) is 162 Å². The van der Waals surface area contributed by atoms with E-state index in [1.165, 1.54) is 24.8 Å². The first-order valence-corrected chi connectivity index (χ1v) is 46.5. The number of rotatable bonds is 41. The molecule has 4 aliphatic rings. The van der Waals surface area contributed by atoms with E-state index in [1.54, 1.807) is 0 Å². The van der Waals surface area contributed by atoms with E-state index in [4.69, 9.17) is 11.5 Å². The lowest BCUT2D eigenvalue weighted by Crippen LogP contribution is -2.44. The lowest BCUT2D eigenvalue weighted by Gasteiger charge is -2.35. The summed E-state index contributed by atoms with van der Waals surface area (Å²) in [5.74, 6) is 2.25. The van der Waals surface area contributed by atoms with Gasteiger partial charge in [-0.05, 0) is 223 Å². The summed E-state index contributed by atoms with van der Waals surface area (Å²) in [5, 5.41) is 79.3. The first-order chi connectivity index (χ1) is 63.1. The highest BCUT2D eigenvalue weighted by Crippen LogP contribution is 2.36. The van der Waals surface area contributed by atoms with Crippen LogP contribution in [0.2, 0.25) is 0 Å². The van der Waals surface area contributed by atoms with Gasteiger partial charge in [-0.15, -0.1) is 0 Å². The largest absolute Gasteiger partial charge is 0.401 e. The minimum absolute atomic E-state index is 0.0642. The maximum Gasteiger partial charge on any atom is 0.401 e. The number of hydrogen-bond donors (Lipinski definition) is 13. The normalized spacial score (nSPS) is 18.3. The zero-order valence-corrected chi connectivity index (χ0v) is 79.7. The van der Waals surface area contributed by atoms with Crippen LogP contribution in [-0.4, -0.2) is 178 Å². The molecule has 4 aromatic heterocycles. The molecule has 0 unspecified atom stereocenters. The Kier molecular flexibility index (Phi) is 41.8. The highest BCUT2D eigenvalue weighted by atomic mass is 79.9. The Hall–Kier alpha value is -10.8. The van der Waals surface area contributed by atoms with E-state index in [0.29, 0.717) is 94.9 Å². The molecule has 8 aromatic rings. The van der Waals surface area contributed by atoms with Gasteiger partial charge in [-0.1, -0.05) is 112 Å². The minimum atomic E-state index is -4.22. The van der Waals surface area contributed by atoms with Gasteiger partial charge in [0.05, 0.1) is 52.4 Å². The van der Waals surface area contributed by atoms with Crippen LogP contribution in [-0.2, 0) is 40.6 Å². The van der Waals surface area contributed by atoms with E-state index in [0.717, 1.165) is 159 Å². The molecule has 0 atom stereocenters. The molecular formula is C86H111Br4F5N26O11. The number of halogens is 9. The standard InChI is InChI=1S/C23H30BrN7O4.C21H26BrF3N6O2.C21H27BrF2N6O2.C21H28BrN7O3/c1-15-17(3-2-4-19(15)24)12-27-23-28-13-20(31(34)35)22(29-23)26-11-16-5-7-18(8-6-16)30(9-10-32)14-21(25)33;1-13-15(3-2-4-17(13)22)10-27-20-28-11-18(31(32)33)19(30-20)26-9-14-5-7-16(8-6-14)29-12-21(23,24)25;1-13-15(3-2-4-17(13)22)10-27-21-28-11-18(30(31)32)20(29-21)26-9-14-5-7-16(8-6-14)25-12-19(23)24;1-13-15(3-2-4-17(13)22)10-26-21-27-11-18(29(31)32)20(28-21)25-9-14-5-7-16(8-6-14)24-12-19(23)30/h2-4,10,13,16,18H,5-9,11-12,14H2,1H3,(H2,25,33)(H2,26,27,28,29);2-4,11,14,16,29H,5-10,12H2,1H3,(H2,26,27,28,30);2-4,11,14,16,19,25H,5-10,12H2,1H3,(H2,26,27,28,29);2-4,11,14,16,24H,5-10,12H2,1H3,(H2,23,30)(H2,25,26,27,28). The van der Waals surface area contributed by atoms with Crippen LogP contribution in [0, 0.1) is 91.8 Å². The van der Waals surface area contributed by atoms with E-state index in [1.807, 2.05) is 105 Å². The van der Waals surface area contributed by atoms with Gasteiger partial charge in [-0.25, -0.2) is 28.7 Å². The summed E-state index contributed by atoms with van der Waals surface area (Å²) in [7, 11) is 0. The summed E-state index contributed by atoms with van der Waals surface area (Å²) in [5.41, 5.74) is 18.4. The molecule has 4 aromatic carbocycles. The molecule has 0 saturated heterocycles. The van der Waals surface area contributed by atoms with Crippen molar-refractivity contribution in [2.75, 3.05) is 101 Å². The Balaban J connectivity index is 0.000000198. The van der Waals surface area contributed by atoms with Crippen molar-refractivity contribution in [2.45, 2.75) is 193 Å². The number of nitrogens with zero attached hydrogens (tertiary/aromatic N) is 13. The van der Waals surface area contributed by atoms with Crippen molar-refractivity contribution in [3.63, 3.8) is 0 Å². The van der Waals surface area contributed by atoms with Gasteiger partial charge >= 0.3 is 28.9 Å². The van der Waals surface area contributed by atoms with Gasteiger partial charge in [-0.2, -0.15) is 33.1 Å². The van der Waals surface area contributed by atoms with Crippen molar-refractivity contribution in [1.82, 2.24) is 60.7 Å². The second-order valence-corrected chi connectivity index (χ2v) is 36.2. The van der Waals surface area contributed by atoms with E-state index in [9.17, 15) is 76.8 Å². The second kappa shape index (κ2) is 52.6. The zero-order chi connectivity index (χ0) is 95.6. The van der Waals surface area contributed by atoms with Crippen LogP contribution in [0.15, 0.2) is 115 Å². The molecule has 0 aliphatic heterocycles. The SMILES string of the molecule is Cc1c(Br)cccc1CNc1ncc([N+](=O)[O-])c(NCC2CCC(N(CC=O)CC(N)=O)CC2)n1.Cc1c(Br)cccc1CNc1ncc([N+](=O)[O-])c(NCC2CCC(NCC(F)(F)F)CC2)n1.Cc1c(Br)cccc1CNc1ncc([N+](=O)[O-])c(NCC2CCC(NCC(F)F)CC2)n1.Cc1c(Br)cccc1CNc1ncc([N+](=O)[O-])c(NCC2CCC(NCC(N)=O)CC2)n1. The quantitative estimate of drug-likeness (QED) is 0.00732. The third-order valence-corrected chi connectivity index (χ3v) is 27.1. The van der Waals surface area contributed by atoms with Gasteiger partial charge in [0, 0.05) is 94.4 Å². The smallest absolute Gasteiger partial charge is 0.369 e. The molecule has 714 valence electrons. The Morgan fingerprint density at radius 1 is 0.439 bits per heavy atom. The van der Waals surface area contributed by atoms with E-state index < -0.39 is 44.7 Å². The predicted octanol–water partition coefficient (Wildman–Crippen LogP) is 16.2. The fourth-order valence-corrected chi connectivity index (χ4v) is 17.4. The fraction of sp³-hybridized carbons (Fsp3) is 0.500. The Bertz CT molecular complexity index is 5170. The van der Waals surface area contributed by atoms with Gasteiger partial charge in [-0.3, -0.25) is 54.9 Å². The number of carbonyl (C=O) groups excluding carboxylic acids is 3. The maximum atomic E-state index is 12.4. The van der Waals surface area contributed by atoms with Crippen LogP contribution >= 0.6 is 63.7 Å². The molecule has 132 heavy (non-hydrogen) atoms. The Morgan fingerprint density at radius 2 is 0.720 bits per heavy atom. The molecule has 0 spiro atoms. The number of amides is 2. The molecule has 4 saturated carbocycles. The van der Waals surface area contributed by atoms with Gasteiger partial charge in [0.1, 0.15) is 31.1 Å². The van der Waals surface area contributed by atoms with Crippen LogP contribution in [0.1, 0.15) is 147 Å². The molecule has 2 amide bonds. The molecule has 12 rings (SSSR count). The summed E-state index contributed by atoms with van der Waals surface area (Å²) in [6.45, 7) is 11.2. The number of nitro groups is 4. The molecule has 46 heteroatoms. The lowest BCUT2D eigenvalue weighted by molar-refractivity contribution is -0.384. The summed E-state index contributed by atoms with van der Waals surface area (Å²) in [6.07, 6.45) is 12.2. The Morgan fingerprint density at radius 3 is 0.977 bits per heavy atom. The van der Waals surface area contributed by atoms with Crippen LogP contribution in [0.4, 0.5) is 91.8 Å². The highest BCUT2D eigenvalue weighted by molar-refractivity contribution is 9.11. The third kappa shape index (κ3) is 34.4. The van der Waals surface area contributed by atoms with Crippen molar-refractivity contribution in [3.8, 4) is 0 Å². The summed E-state index contributed by atoms with van der Waals surface area (Å²) >= 11 is 14.0. The van der Waals surface area contributed by atoms with Gasteiger partial charge in [0.15, 0.2) is 0 Å². The number of aromatic nitrogens is 8. The summed E-state index contributed by atoms with van der Waals surface area (Å²) in [6, 6.07) is 23.9. The van der Waals surface area contributed by atoms with Gasteiger partial charge < -0.3 is 74.7 Å². The van der Waals surface area contributed by atoms with E-state index >= 15 is 0 Å². The number of hydrogen-bond acceptors (Lipinski definition) is 31. The van der Waals surface area contributed by atoms with Crippen molar-refractivity contribution >= 4 is 152 Å². The van der Waals surface area contributed by atoms with Crippen molar-refractivity contribution in [3.05, 3.63) is 200 Å². The molecule has 4 fully saturated rings. The number of carbonyl (C=O) groups is 3. The molecule has 15 N–H and O–H groups in total. The predicted molar refractivity (Wildman–Crippen MR) is 509 cm³/mol. The summed E-state index contributed by atoms with van der Waals surface area (Å²) in [4.78, 5) is 112. The first kappa shape index (κ1) is 105. The summed E-state index contributed by atoms with van der Waals surface area (Å²) < 4.78 is 65.8. The minimum Gasteiger partial charge on any atom is -0.369 e. The number of benzene rings is 4. The monoisotopic (exact) mass is 2090 g/mol. The number of primary amides is 2. The molecule has 4 aliphatic carbocycles. The van der Waals surface area contributed by atoms with Crippen LogP contribution < -0.4 is 70.0 Å². The van der Waals surface area contributed by atoms with Crippen LogP contribution in [0.25, 0.3) is 0 Å². The van der Waals surface area contributed by atoms with Crippen molar-refractivity contribution in [2.24, 2.45) is 35.1 Å². The molecule has 0 radical (unpaired) electrons. The highest BCUT2D eigenvalue weighted by Gasteiger charge is 2.33. The average molecular weight is 2100 g/mol. The molecular weight excluding hydrogens is 1990 g/mol. The number of anilines is 8. The topological polar surface area (TPSA) is 514 Å².